The topological polar surface area (TPSA) is 52.3 Å². The molecule has 0 aliphatic carbocycles. The average Bonchev–Trinajstić information content (AvgIpc) is 2.28. The van der Waals surface area contributed by atoms with E-state index >= 15 is 0 Å². The molecule has 118 valence electrons. The van der Waals surface area contributed by atoms with E-state index in [4.69, 9.17) is 5.73 Å². The molecule has 0 spiro atoms. The summed E-state index contributed by atoms with van der Waals surface area (Å²) in [6.07, 6.45) is -10.8. The minimum absolute atomic E-state index is 0.0518. The van der Waals surface area contributed by atoms with Crippen LogP contribution in [0.5, 0.6) is 0 Å². The quantitative estimate of drug-likeness (QED) is 0.528. The molecule has 0 atom stereocenters. The van der Waals surface area contributed by atoms with Crippen LogP contribution in [0.4, 0.5) is 32.0 Å². The zero-order valence-electron chi connectivity index (χ0n) is 10.7. The molecule has 0 saturated carbocycles. The fourth-order valence-corrected chi connectivity index (χ4v) is 1.63. The summed E-state index contributed by atoms with van der Waals surface area (Å²) in [5, 5.41) is 0. The van der Waals surface area contributed by atoms with Crippen LogP contribution in [0.15, 0.2) is 12.1 Å². The Morgan fingerprint density at radius 2 is 1.71 bits per heavy atom. The molecule has 0 aromatic heterocycles. The summed E-state index contributed by atoms with van der Waals surface area (Å²) in [6, 6.07) is 0.339. The van der Waals surface area contributed by atoms with Crippen LogP contribution >= 0.6 is 0 Å². The van der Waals surface area contributed by atoms with E-state index < -0.39 is 47.1 Å². The number of rotatable bonds is 3. The van der Waals surface area contributed by atoms with Crippen LogP contribution in [0.1, 0.15) is 23.6 Å². The highest BCUT2D eigenvalue weighted by Crippen LogP contribution is 2.40. The highest BCUT2D eigenvalue weighted by molar-refractivity contribution is 5.76. The van der Waals surface area contributed by atoms with E-state index in [9.17, 15) is 31.1 Å². The first-order chi connectivity index (χ1) is 9.46. The number of esters is 1. The first kappa shape index (κ1) is 17.1. The van der Waals surface area contributed by atoms with Gasteiger partial charge in [-0.2, -0.15) is 26.3 Å². The molecule has 9 heteroatoms. The Morgan fingerprint density at radius 3 is 2.14 bits per heavy atom. The summed E-state index contributed by atoms with van der Waals surface area (Å²) in [5.41, 5.74) is 0.591. The Hall–Kier alpha value is -1.93. The molecule has 21 heavy (non-hydrogen) atoms. The van der Waals surface area contributed by atoms with Gasteiger partial charge >= 0.3 is 18.3 Å². The number of nitrogens with two attached hydrogens (primary N) is 1. The number of carbonyl (C=O) groups is 1. The molecular weight excluding hydrogens is 304 g/mol. The minimum Gasteiger partial charge on any atom is -0.466 e. The molecule has 0 saturated heterocycles. The molecule has 1 aromatic rings. The van der Waals surface area contributed by atoms with Crippen LogP contribution in [0.2, 0.25) is 0 Å². The molecule has 0 radical (unpaired) electrons. The standard InChI is InChI=1S/C12H11F6NO2/c1-2-21-9(20)4-6-3-7(11(13,14)15)5-8(10(6)19)12(16,17)18/h3,5H,2,4,19H2,1H3. The van der Waals surface area contributed by atoms with E-state index in [-0.39, 0.29) is 12.7 Å². The number of nitrogen functional groups attached to an aromatic ring is 1. The Morgan fingerprint density at radius 1 is 1.14 bits per heavy atom. The van der Waals surface area contributed by atoms with Gasteiger partial charge in [-0.3, -0.25) is 4.79 Å². The summed E-state index contributed by atoms with van der Waals surface area (Å²) >= 11 is 0. The lowest BCUT2D eigenvalue weighted by atomic mass is 10.00. The SMILES string of the molecule is CCOC(=O)Cc1cc(C(F)(F)F)cc(C(F)(F)F)c1N. The van der Waals surface area contributed by atoms with Gasteiger partial charge in [-0.15, -0.1) is 0 Å². The third kappa shape index (κ3) is 4.27. The molecule has 0 heterocycles. The van der Waals surface area contributed by atoms with Gasteiger partial charge in [0.05, 0.1) is 24.2 Å². The fraction of sp³-hybridized carbons (Fsp3) is 0.417. The Balaban J connectivity index is 3.38. The molecule has 0 fully saturated rings. The second-order valence-corrected chi connectivity index (χ2v) is 4.07. The van der Waals surface area contributed by atoms with Crippen LogP contribution < -0.4 is 5.73 Å². The van der Waals surface area contributed by atoms with Gasteiger partial charge in [0.25, 0.3) is 0 Å². The lowest BCUT2D eigenvalue weighted by Crippen LogP contribution is -2.17. The minimum atomic E-state index is -5.06. The predicted octanol–water partition coefficient (Wildman–Crippen LogP) is 3.41. The van der Waals surface area contributed by atoms with Crippen molar-refractivity contribution in [2.75, 3.05) is 12.3 Å². The number of ether oxygens (including phenoxy) is 1. The second-order valence-electron chi connectivity index (χ2n) is 4.07. The molecule has 0 aliphatic heterocycles. The maximum atomic E-state index is 12.7. The van der Waals surface area contributed by atoms with Crippen molar-refractivity contribution in [3.63, 3.8) is 0 Å². The normalized spacial score (nSPS) is 12.3. The van der Waals surface area contributed by atoms with Crippen molar-refractivity contribution in [3.05, 3.63) is 28.8 Å². The smallest absolute Gasteiger partial charge is 0.418 e. The summed E-state index contributed by atoms with van der Waals surface area (Å²) in [6.45, 7) is 1.40. The third-order valence-corrected chi connectivity index (χ3v) is 2.54. The maximum Gasteiger partial charge on any atom is 0.418 e. The van der Waals surface area contributed by atoms with Gasteiger partial charge in [0.2, 0.25) is 0 Å². The highest BCUT2D eigenvalue weighted by Gasteiger charge is 2.39. The lowest BCUT2D eigenvalue weighted by molar-refractivity contribution is -0.144. The molecule has 0 unspecified atom stereocenters. The monoisotopic (exact) mass is 315 g/mol. The van der Waals surface area contributed by atoms with Gasteiger partial charge in [0.15, 0.2) is 0 Å². The molecule has 2 N–H and O–H groups in total. The van der Waals surface area contributed by atoms with Gasteiger partial charge in [-0.1, -0.05) is 0 Å². The molecule has 1 rings (SSSR count). The Labute approximate surface area is 115 Å². The highest BCUT2D eigenvalue weighted by atomic mass is 19.4. The summed E-state index contributed by atoms with van der Waals surface area (Å²) in [5.74, 6) is -0.961. The number of alkyl halides is 6. The van der Waals surface area contributed by atoms with E-state index in [1.54, 1.807) is 0 Å². The molecular formula is C12H11F6NO2. The van der Waals surface area contributed by atoms with Crippen LogP contribution in [0, 0.1) is 0 Å². The maximum absolute atomic E-state index is 12.7. The molecule has 0 amide bonds. The number of hydrogen-bond acceptors (Lipinski definition) is 3. The van der Waals surface area contributed by atoms with Crippen molar-refractivity contribution in [3.8, 4) is 0 Å². The number of carbonyl (C=O) groups excluding carboxylic acids is 1. The zero-order valence-corrected chi connectivity index (χ0v) is 10.7. The van der Waals surface area contributed by atoms with Crippen LogP contribution in [0.3, 0.4) is 0 Å². The van der Waals surface area contributed by atoms with Gasteiger partial charge in [0.1, 0.15) is 0 Å². The van der Waals surface area contributed by atoms with E-state index in [1.807, 2.05) is 0 Å². The van der Waals surface area contributed by atoms with Gasteiger partial charge < -0.3 is 10.5 Å². The Bertz CT molecular complexity index is 536. The van der Waals surface area contributed by atoms with Crippen molar-refractivity contribution in [1.82, 2.24) is 0 Å². The first-order valence-electron chi connectivity index (χ1n) is 5.69. The second kappa shape index (κ2) is 5.82. The van der Waals surface area contributed by atoms with Crippen LogP contribution in [-0.4, -0.2) is 12.6 Å². The van der Waals surface area contributed by atoms with Gasteiger partial charge in [-0.05, 0) is 24.6 Å². The number of anilines is 1. The lowest BCUT2D eigenvalue weighted by Gasteiger charge is -2.17. The molecule has 0 aliphatic rings. The summed E-state index contributed by atoms with van der Waals surface area (Å²) < 4.78 is 80.5. The van der Waals surface area contributed by atoms with Gasteiger partial charge in [-0.25, -0.2) is 0 Å². The molecule has 1 aromatic carbocycles. The zero-order chi connectivity index (χ0) is 16.4. The van der Waals surface area contributed by atoms with E-state index in [0.29, 0.717) is 6.07 Å². The molecule has 0 bridgehead atoms. The molecule has 3 nitrogen and oxygen atoms in total. The van der Waals surface area contributed by atoms with Crippen molar-refractivity contribution in [2.24, 2.45) is 0 Å². The van der Waals surface area contributed by atoms with E-state index in [2.05, 4.69) is 4.74 Å². The summed E-state index contributed by atoms with van der Waals surface area (Å²) in [4.78, 5) is 11.2. The van der Waals surface area contributed by atoms with Crippen molar-refractivity contribution < 1.29 is 35.9 Å². The Kier molecular flexibility index (Phi) is 4.75. The number of benzene rings is 1. The third-order valence-electron chi connectivity index (χ3n) is 2.54. The van der Waals surface area contributed by atoms with Gasteiger partial charge in [0, 0.05) is 5.69 Å². The number of halogens is 6. The van der Waals surface area contributed by atoms with Crippen LogP contribution in [-0.2, 0) is 28.3 Å². The van der Waals surface area contributed by atoms with Crippen molar-refractivity contribution in [1.29, 1.82) is 0 Å². The van der Waals surface area contributed by atoms with Crippen molar-refractivity contribution in [2.45, 2.75) is 25.7 Å². The van der Waals surface area contributed by atoms with Crippen LogP contribution in [0.25, 0.3) is 0 Å². The average molecular weight is 315 g/mol. The van der Waals surface area contributed by atoms with E-state index in [0.717, 1.165) is 0 Å². The largest absolute Gasteiger partial charge is 0.466 e. The van der Waals surface area contributed by atoms with E-state index in [1.165, 1.54) is 6.92 Å². The fourth-order valence-electron chi connectivity index (χ4n) is 1.63. The predicted molar refractivity (Wildman–Crippen MR) is 61.2 cm³/mol. The number of hydrogen-bond donors (Lipinski definition) is 1. The summed E-state index contributed by atoms with van der Waals surface area (Å²) in [7, 11) is 0. The first-order valence-corrected chi connectivity index (χ1v) is 5.69. The van der Waals surface area contributed by atoms with Crippen molar-refractivity contribution >= 4 is 11.7 Å².